The third kappa shape index (κ3) is 1.89. The van der Waals surface area contributed by atoms with E-state index in [0.717, 1.165) is 33.3 Å². The molecular formula is C12H13ClN2S. The van der Waals surface area contributed by atoms with Crippen molar-refractivity contribution in [1.82, 2.24) is 9.55 Å². The van der Waals surface area contributed by atoms with Gasteiger partial charge in [0.05, 0.1) is 11.0 Å². The van der Waals surface area contributed by atoms with Gasteiger partial charge in [-0.15, -0.1) is 0 Å². The minimum absolute atomic E-state index is 0.748. The lowest BCUT2D eigenvalue weighted by Gasteiger charge is -2.03. The van der Waals surface area contributed by atoms with Crippen LogP contribution in [0.2, 0.25) is 5.02 Å². The van der Waals surface area contributed by atoms with Crippen molar-refractivity contribution in [2.24, 2.45) is 5.92 Å². The molecule has 2 nitrogen and oxygen atoms in total. The van der Waals surface area contributed by atoms with Crippen molar-refractivity contribution in [2.45, 2.75) is 25.8 Å². The van der Waals surface area contributed by atoms with Gasteiger partial charge >= 0.3 is 0 Å². The first-order valence-corrected chi connectivity index (χ1v) is 6.41. The van der Waals surface area contributed by atoms with Crippen LogP contribution < -0.4 is 0 Å². The Morgan fingerprint density at radius 2 is 2.25 bits per heavy atom. The number of benzene rings is 1. The largest absolute Gasteiger partial charge is 0.331 e. The van der Waals surface area contributed by atoms with Gasteiger partial charge in [0.1, 0.15) is 0 Å². The van der Waals surface area contributed by atoms with Gasteiger partial charge in [0, 0.05) is 11.6 Å². The zero-order chi connectivity index (χ0) is 11.1. The molecule has 1 fully saturated rings. The van der Waals surface area contributed by atoms with E-state index in [1.54, 1.807) is 0 Å². The highest BCUT2D eigenvalue weighted by molar-refractivity contribution is 7.71. The molecule has 1 aromatic carbocycles. The molecule has 0 atom stereocenters. The Hall–Kier alpha value is -0.800. The Kier molecular flexibility index (Phi) is 2.52. The van der Waals surface area contributed by atoms with Crippen LogP contribution in [0.1, 0.15) is 19.3 Å². The average molecular weight is 253 g/mol. The quantitative estimate of drug-likeness (QED) is 0.814. The van der Waals surface area contributed by atoms with Gasteiger partial charge in [-0.3, -0.25) is 0 Å². The first-order chi connectivity index (χ1) is 7.74. The van der Waals surface area contributed by atoms with E-state index < -0.39 is 0 Å². The molecule has 4 heteroatoms. The third-order valence-corrected chi connectivity index (χ3v) is 3.75. The van der Waals surface area contributed by atoms with Crippen LogP contribution in [0, 0.1) is 10.7 Å². The van der Waals surface area contributed by atoms with Crippen molar-refractivity contribution in [1.29, 1.82) is 0 Å². The number of aryl methyl sites for hydroxylation is 1. The third-order valence-electron chi connectivity index (χ3n) is 3.19. The summed E-state index contributed by atoms with van der Waals surface area (Å²) in [5.41, 5.74) is 2.20. The number of hydrogen-bond donors (Lipinski definition) is 1. The Labute approximate surface area is 104 Å². The summed E-state index contributed by atoms with van der Waals surface area (Å²) in [5, 5.41) is 0.748. The highest BCUT2D eigenvalue weighted by atomic mass is 35.5. The zero-order valence-corrected chi connectivity index (χ0v) is 10.4. The molecule has 1 heterocycles. The van der Waals surface area contributed by atoms with Gasteiger partial charge in [-0.05, 0) is 42.8 Å². The van der Waals surface area contributed by atoms with Gasteiger partial charge in [-0.1, -0.05) is 24.4 Å². The lowest BCUT2D eigenvalue weighted by atomic mass is 10.3. The Morgan fingerprint density at radius 3 is 3.00 bits per heavy atom. The van der Waals surface area contributed by atoms with Crippen molar-refractivity contribution in [3.8, 4) is 0 Å². The highest BCUT2D eigenvalue weighted by Gasteiger charge is 2.21. The number of nitrogens with zero attached hydrogens (tertiary/aromatic N) is 1. The minimum atomic E-state index is 0.748. The van der Waals surface area contributed by atoms with Crippen molar-refractivity contribution in [2.75, 3.05) is 0 Å². The smallest absolute Gasteiger partial charge is 0.178 e. The number of rotatable bonds is 3. The SMILES string of the molecule is S=c1[nH]c2cc(Cl)ccc2n1CCC1CC1. The van der Waals surface area contributed by atoms with E-state index in [-0.39, 0.29) is 0 Å². The van der Waals surface area contributed by atoms with Crippen LogP contribution in [-0.2, 0) is 6.54 Å². The maximum absolute atomic E-state index is 5.95. The molecule has 84 valence electrons. The molecule has 0 unspecified atom stereocenters. The summed E-state index contributed by atoms with van der Waals surface area (Å²) in [6.07, 6.45) is 4.02. The summed E-state index contributed by atoms with van der Waals surface area (Å²) >= 11 is 11.3. The van der Waals surface area contributed by atoms with Crippen LogP contribution >= 0.6 is 23.8 Å². The van der Waals surface area contributed by atoms with Gasteiger partial charge in [-0.2, -0.15) is 0 Å². The number of imidazole rings is 1. The minimum Gasteiger partial charge on any atom is -0.331 e. The van der Waals surface area contributed by atoms with Crippen molar-refractivity contribution >= 4 is 34.9 Å². The summed E-state index contributed by atoms with van der Waals surface area (Å²) in [6, 6.07) is 5.89. The molecule has 0 spiro atoms. The maximum atomic E-state index is 5.95. The molecule has 0 bridgehead atoms. The lowest BCUT2D eigenvalue weighted by Crippen LogP contribution is -1.98. The van der Waals surface area contributed by atoms with E-state index in [4.69, 9.17) is 23.8 Å². The maximum Gasteiger partial charge on any atom is 0.178 e. The van der Waals surface area contributed by atoms with E-state index in [0.29, 0.717) is 0 Å². The number of aromatic amines is 1. The van der Waals surface area contributed by atoms with Crippen LogP contribution in [0.15, 0.2) is 18.2 Å². The molecule has 0 radical (unpaired) electrons. The molecule has 1 saturated carbocycles. The number of nitrogens with one attached hydrogen (secondary N) is 1. The van der Waals surface area contributed by atoms with E-state index in [9.17, 15) is 0 Å². The number of H-pyrrole nitrogens is 1. The lowest BCUT2D eigenvalue weighted by molar-refractivity contribution is 0.603. The number of aromatic nitrogens is 2. The Bertz CT molecular complexity index is 580. The summed E-state index contributed by atoms with van der Waals surface area (Å²) < 4.78 is 2.98. The molecule has 1 aliphatic rings. The number of halogens is 1. The monoisotopic (exact) mass is 252 g/mol. The fourth-order valence-electron chi connectivity index (χ4n) is 2.08. The topological polar surface area (TPSA) is 20.7 Å². The molecule has 0 amide bonds. The molecule has 3 rings (SSSR count). The first kappa shape index (κ1) is 10.4. The van der Waals surface area contributed by atoms with E-state index in [1.165, 1.54) is 19.3 Å². The number of hydrogen-bond acceptors (Lipinski definition) is 1. The van der Waals surface area contributed by atoms with Crippen molar-refractivity contribution in [3.05, 3.63) is 28.0 Å². The van der Waals surface area contributed by atoms with Crippen LogP contribution in [-0.4, -0.2) is 9.55 Å². The number of fused-ring (bicyclic) bond motifs is 1. The van der Waals surface area contributed by atoms with E-state index >= 15 is 0 Å². The van der Waals surface area contributed by atoms with Crippen LogP contribution in [0.5, 0.6) is 0 Å². The predicted octanol–water partition coefficient (Wildman–Crippen LogP) is 4.15. The molecule has 0 saturated heterocycles. The standard InChI is InChI=1S/C12H13ClN2S/c13-9-3-4-11-10(7-9)14-12(16)15(11)6-5-8-1-2-8/h3-4,7-8H,1-2,5-6H2,(H,14,16). The second-order valence-corrected chi connectivity index (χ2v) is 5.30. The summed E-state index contributed by atoms with van der Waals surface area (Å²) in [7, 11) is 0. The normalized spacial score (nSPS) is 15.8. The Morgan fingerprint density at radius 1 is 1.44 bits per heavy atom. The molecule has 1 aromatic heterocycles. The molecule has 1 N–H and O–H groups in total. The van der Waals surface area contributed by atoms with Gasteiger partial charge in [0.15, 0.2) is 4.77 Å². The molecule has 1 aliphatic carbocycles. The predicted molar refractivity (Wildman–Crippen MR) is 69.5 cm³/mol. The zero-order valence-electron chi connectivity index (χ0n) is 8.87. The summed E-state index contributed by atoms with van der Waals surface area (Å²) in [6.45, 7) is 1.02. The van der Waals surface area contributed by atoms with Crippen LogP contribution in [0.4, 0.5) is 0 Å². The van der Waals surface area contributed by atoms with E-state index in [1.807, 2.05) is 18.2 Å². The van der Waals surface area contributed by atoms with Gasteiger partial charge in [0.25, 0.3) is 0 Å². The molecular weight excluding hydrogens is 240 g/mol. The van der Waals surface area contributed by atoms with Gasteiger partial charge in [-0.25, -0.2) is 0 Å². The molecule has 0 aliphatic heterocycles. The molecule has 16 heavy (non-hydrogen) atoms. The summed E-state index contributed by atoms with van der Waals surface area (Å²) in [5.74, 6) is 0.930. The highest BCUT2D eigenvalue weighted by Crippen LogP contribution is 2.33. The summed E-state index contributed by atoms with van der Waals surface area (Å²) in [4.78, 5) is 3.21. The Balaban J connectivity index is 2.01. The van der Waals surface area contributed by atoms with Crippen molar-refractivity contribution in [3.63, 3.8) is 0 Å². The van der Waals surface area contributed by atoms with Crippen LogP contribution in [0.25, 0.3) is 11.0 Å². The molecule has 2 aromatic rings. The van der Waals surface area contributed by atoms with Gasteiger partial charge in [0.2, 0.25) is 0 Å². The van der Waals surface area contributed by atoms with E-state index in [2.05, 4.69) is 9.55 Å². The fourth-order valence-corrected chi connectivity index (χ4v) is 2.55. The van der Waals surface area contributed by atoms with Crippen molar-refractivity contribution < 1.29 is 0 Å². The second-order valence-electron chi connectivity index (χ2n) is 4.48. The van der Waals surface area contributed by atoms with Gasteiger partial charge < -0.3 is 9.55 Å². The average Bonchev–Trinajstić information content (AvgIpc) is 3.00. The first-order valence-electron chi connectivity index (χ1n) is 5.62. The fraction of sp³-hybridized carbons (Fsp3) is 0.417. The van der Waals surface area contributed by atoms with Crippen LogP contribution in [0.3, 0.4) is 0 Å². The second kappa shape index (κ2) is 3.90.